The first kappa shape index (κ1) is 16.5. The molecule has 2 aromatic carbocycles. The molecule has 0 fully saturated rings. The fourth-order valence-corrected chi connectivity index (χ4v) is 2.47. The molecule has 0 atom stereocenters. The highest BCUT2D eigenvalue weighted by Gasteiger charge is 2.12. The topological polar surface area (TPSA) is 55.4 Å². The van der Waals surface area contributed by atoms with Crippen molar-refractivity contribution in [2.24, 2.45) is 0 Å². The van der Waals surface area contributed by atoms with Gasteiger partial charge in [0.2, 0.25) is 0 Å². The second kappa shape index (κ2) is 7.96. The summed E-state index contributed by atoms with van der Waals surface area (Å²) in [6.07, 6.45) is 0. The lowest BCUT2D eigenvalue weighted by molar-refractivity contribution is -0.143. The Morgan fingerprint density at radius 1 is 1.14 bits per heavy atom. The molecule has 0 unspecified atom stereocenters. The SMILES string of the molecule is O=C(CNC(=O)c1ccc(Br)cc1Cl)OCc1ccccc1. The van der Waals surface area contributed by atoms with Crippen molar-refractivity contribution in [2.75, 3.05) is 6.54 Å². The number of hydrogen-bond acceptors (Lipinski definition) is 3. The molecule has 0 spiro atoms. The van der Waals surface area contributed by atoms with Crippen LogP contribution in [-0.4, -0.2) is 18.4 Å². The molecule has 114 valence electrons. The van der Waals surface area contributed by atoms with E-state index in [-0.39, 0.29) is 13.2 Å². The summed E-state index contributed by atoms with van der Waals surface area (Å²) in [5.74, 6) is -0.931. The molecule has 2 rings (SSSR count). The average molecular weight is 383 g/mol. The van der Waals surface area contributed by atoms with Gasteiger partial charge in [-0.1, -0.05) is 57.9 Å². The molecule has 1 N–H and O–H groups in total. The summed E-state index contributed by atoms with van der Waals surface area (Å²) in [6, 6.07) is 14.2. The summed E-state index contributed by atoms with van der Waals surface area (Å²) in [6.45, 7) is -0.0351. The number of hydrogen-bond donors (Lipinski definition) is 1. The zero-order chi connectivity index (χ0) is 15.9. The Morgan fingerprint density at radius 3 is 2.55 bits per heavy atom. The molecular weight excluding hydrogens is 370 g/mol. The molecule has 0 radical (unpaired) electrons. The maximum Gasteiger partial charge on any atom is 0.325 e. The number of halogens is 2. The summed E-state index contributed by atoms with van der Waals surface area (Å²) in [5, 5.41) is 2.79. The number of esters is 1. The zero-order valence-electron chi connectivity index (χ0n) is 11.5. The Kier molecular flexibility index (Phi) is 5.98. The summed E-state index contributed by atoms with van der Waals surface area (Å²) >= 11 is 9.23. The van der Waals surface area contributed by atoms with E-state index < -0.39 is 11.9 Å². The smallest absolute Gasteiger partial charge is 0.325 e. The number of benzene rings is 2. The van der Waals surface area contributed by atoms with E-state index in [1.165, 1.54) is 0 Å². The number of nitrogens with one attached hydrogen (secondary N) is 1. The van der Waals surface area contributed by atoms with E-state index in [0.29, 0.717) is 10.6 Å². The highest BCUT2D eigenvalue weighted by molar-refractivity contribution is 9.10. The Labute approximate surface area is 141 Å². The van der Waals surface area contributed by atoms with Crippen molar-refractivity contribution >= 4 is 39.4 Å². The number of rotatable bonds is 5. The van der Waals surface area contributed by atoms with Crippen molar-refractivity contribution < 1.29 is 14.3 Å². The van der Waals surface area contributed by atoms with Gasteiger partial charge >= 0.3 is 5.97 Å². The maximum absolute atomic E-state index is 11.9. The monoisotopic (exact) mass is 381 g/mol. The third-order valence-corrected chi connectivity index (χ3v) is 3.62. The first-order valence-electron chi connectivity index (χ1n) is 6.49. The van der Waals surface area contributed by atoms with Crippen LogP contribution in [0.4, 0.5) is 0 Å². The third kappa shape index (κ3) is 4.86. The fraction of sp³-hybridized carbons (Fsp3) is 0.125. The van der Waals surface area contributed by atoms with Gasteiger partial charge in [-0.2, -0.15) is 0 Å². The second-order valence-corrected chi connectivity index (χ2v) is 5.78. The van der Waals surface area contributed by atoms with E-state index in [0.717, 1.165) is 10.0 Å². The predicted molar refractivity (Wildman–Crippen MR) is 87.7 cm³/mol. The summed E-state index contributed by atoms with van der Waals surface area (Å²) in [4.78, 5) is 23.6. The van der Waals surface area contributed by atoms with Crippen molar-refractivity contribution in [2.45, 2.75) is 6.61 Å². The van der Waals surface area contributed by atoms with Gasteiger partial charge < -0.3 is 10.1 Å². The standard InChI is InChI=1S/C16H13BrClNO3/c17-12-6-7-13(14(18)8-12)16(21)19-9-15(20)22-10-11-4-2-1-3-5-11/h1-8H,9-10H2,(H,19,21). The first-order valence-corrected chi connectivity index (χ1v) is 7.66. The quantitative estimate of drug-likeness (QED) is 0.804. The highest BCUT2D eigenvalue weighted by atomic mass is 79.9. The average Bonchev–Trinajstić information content (AvgIpc) is 2.51. The molecule has 0 saturated carbocycles. The Hall–Kier alpha value is -1.85. The van der Waals surface area contributed by atoms with Crippen LogP contribution >= 0.6 is 27.5 Å². The van der Waals surface area contributed by atoms with E-state index in [4.69, 9.17) is 16.3 Å². The Balaban J connectivity index is 1.82. The minimum absolute atomic E-state index is 0.175. The molecule has 0 aliphatic heterocycles. The summed E-state index contributed by atoms with van der Waals surface area (Å²) in [7, 11) is 0. The molecule has 1 amide bonds. The van der Waals surface area contributed by atoms with Crippen LogP contribution in [0.3, 0.4) is 0 Å². The van der Waals surface area contributed by atoms with E-state index in [9.17, 15) is 9.59 Å². The second-order valence-electron chi connectivity index (χ2n) is 4.45. The Morgan fingerprint density at radius 2 is 1.86 bits per heavy atom. The molecule has 0 bridgehead atoms. The van der Waals surface area contributed by atoms with Crippen LogP contribution in [0.2, 0.25) is 5.02 Å². The minimum Gasteiger partial charge on any atom is -0.460 e. The van der Waals surface area contributed by atoms with Gasteiger partial charge in [0.25, 0.3) is 5.91 Å². The molecule has 6 heteroatoms. The summed E-state index contributed by atoms with van der Waals surface area (Å²) in [5.41, 5.74) is 1.19. The van der Waals surface area contributed by atoms with Crippen molar-refractivity contribution in [1.29, 1.82) is 0 Å². The number of carbonyl (C=O) groups excluding carboxylic acids is 2. The van der Waals surface area contributed by atoms with Crippen molar-refractivity contribution in [3.63, 3.8) is 0 Å². The van der Waals surface area contributed by atoms with Crippen LogP contribution in [0, 0.1) is 0 Å². The van der Waals surface area contributed by atoms with E-state index in [2.05, 4.69) is 21.2 Å². The lowest BCUT2D eigenvalue weighted by atomic mass is 10.2. The van der Waals surface area contributed by atoms with Crippen LogP contribution in [0.15, 0.2) is 53.0 Å². The van der Waals surface area contributed by atoms with Crippen LogP contribution in [-0.2, 0) is 16.1 Å². The van der Waals surface area contributed by atoms with Gasteiger partial charge in [0.1, 0.15) is 13.2 Å². The maximum atomic E-state index is 11.9. The number of ether oxygens (including phenoxy) is 1. The fourth-order valence-electron chi connectivity index (χ4n) is 1.71. The molecule has 0 aliphatic rings. The largest absolute Gasteiger partial charge is 0.460 e. The highest BCUT2D eigenvalue weighted by Crippen LogP contribution is 2.21. The van der Waals surface area contributed by atoms with Gasteiger partial charge in [-0.3, -0.25) is 9.59 Å². The molecule has 0 aliphatic carbocycles. The normalized spacial score (nSPS) is 10.1. The lowest BCUT2D eigenvalue weighted by Gasteiger charge is -2.08. The van der Waals surface area contributed by atoms with Gasteiger partial charge in [0.15, 0.2) is 0 Å². The Bertz CT molecular complexity index is 676. The van der Waals surface area contributed by atoms with Gasteiger partial charge in [0, 0.05) is 4.47 Å². The van der Waals surface area contributed by atoms with Gasteiger partial charge in [-0.05, 0) is 23.8 Å². The van der Waals surface area contributed by atoms with Crippen LogP contribution in [0.1, 0.15) is 15.9 Å². The lowest BCUT2D eigenvalue weighted by Crippen LogP contribution is -2.30. The molecular formula is C16H13BrClNO3. The van der Waals surface area contributed by atoms with Crippen LogP contribution in [0.25, 0.3) is 0 Å². The first-order chi connectivity index (χ1) is 10.6. The zero-order valence-corrected chi connectivity index (χ0v) is 13.9. The molecule has 0 saturated heterocycles. The van der Waals surface area contributed by atoms with E-state index in [1.807, 2.05) is 30.3 Å². The van der Waals surface area contributed by atoms with Crippen molar-refractivity contribution in [3.8, 4) is 0 Å². The van der Waals surface area contributed by atoms with Crippen molar-refractivity contribution in [1.82, 2.24) is 5.32 Å². The van der Waals surface area contributed by atoms with E-state index in [1.54, 1.807) is 18.2 Å². The molecule has 0 heterocycles. The van der Waals surface area contributed by atoms with Gasteiger partial charge in [-0.25, -0.2) is 0 Å². The number of carbonyl (C=O) groups is 2. The van der Waals surface area contributed by atoms with Crippen molar-refractivity contribution in [3.05, 3.63) is 69.2 Å². The number of amides is 1. The molecule has 0 aromatic heterocycles. The third-order valence-electron chi connectivity index (χ3n) is 2.81. The van der Waals surface area contributed by atoms with Crippen LogP contribution in [0.5, 0.6) is 0 Å². The molecule has 2 aromatic rings. The minimum atomic E-state index is -0.509. The summed E-state index contributed by atoms with van der Waals surface area (Å²) < 4.78 is 5.84. The van der Waals surface area contributed by atoms with Crippen LogP contribution < -0.4 is 5.32 Å². The van der Waals surface area contributed by atoms with Gasteiger partial charge in [0.05, 0.1) is 10.6 Å². The predicted octanol–water partition coefficient (Wildman–Crippen LogP) is 3.58. The van der Waals surface area contributed by atoms with E-state index >= 15 is 0 Å². The van der Waals surface area contributed by atoms with Gasteiger partial charge in [-0.15, -0.1) is 0 Å². The molecule has 22 heavy (non-hydrogen) atoms. The molecule has 4 nitrogen and oxygen atoms in total.